The van der Waals surface area contributed by atoms with Crippen molar-refractivity contribution in [1.29, 1.82) is 0 Å². The minimum Gasteiger partial charge on any atom is -0.375 e. The summed E-state index contributed by atoms with van der Waals surface area (Å²) in [5.41, 5.74) is 3.78. The van der Waals surface area contributed by atoms with Crippen molar-refractivity contribution in [2.24, 2.45) is 0 Å². The average Bonchev–Trinajstić information content (AvgIpc) is 2.45. The molecule has 2 rings (SSSR count). The van der Waals surface area contributed by atoms with Crippen molar-refractivity contribution < 1.29 is 4.92 Å². The fourth-order valence-corrected chi connectivity index (χ4v) is 2.13. The predicted octanol–water partition coefficient (Wildman–Crippen LogP) is 4.08. The fraction of sp³-hybridized carbons (Fsp3) is 0.250. The molecule has 0 saturated carbocycles. The lowest BCUT2D eigenvalue weighted by Crippen LogP contribution is -2.03. The zero-order chi connectivity index (χ0) is 14.5. The molecule has 104 valence electrons. The van der Waals surface area contributed by atoms with E-state index in [2.05, 4.69) is 24.4 Å². The summed E-state index contributed by atoms with van der Waals surface area (Å²) < 4.78 is 0. The van der Waals surface area contributed by atoms with Crippen LogP contribution in [0.25, 0.3) is 0 Å². The number of nitro groups is 1. The van der Waals surface area contributed by atoms with Crippen LogP contribution in [-0.2, 0) is 13.0 Å². The quantitative estimate of drug-likeness (QED) is 0.658. The van der Waals surface area contributed by atoms with Crippen molar-refractivity contribution in [2.75, 3.05) is 5.32 Å². The molecular weight excluding hydrogens is 252 g/mol. The van der Waals surface area contributed by atoms with Gasteiger partial charge in [0.05, 0.1) is 4.92 Å². The van der Waals surface area contributed by atoms with Crippen LogP contribution in [0.2, 0.25) is 0 Å². The number of rotatable bonds is 5. The molecule has 2 aromatic rings. The van der Waals surface area contributed by atoms with Crippen LogP contribution in [0.3, 0.4) is 0 Å². The van der Waals surface area contributed by atoms with E-state index >= 15 is 0 Å². The van der Waals surface area contributed by atoms with Gasteiger partial charge in [-0.1, -0.05) is 43.3 Å². The first-order valence-electron chi connectivity index (χ1n) is 6.67. The number of anilines is 1. The fourth-order valence-electron chi connectivity index (χ4n) is 2.13. The van der Waals surface area contributed by atoms with E-state index in [4.69, 9.17) is 0 Å². The first kappa shape index (κ1) is 14.1. The highest BCUT2D eigenvalue weighted by atomic mass is 16.6. The topological polar surface area (TPSA) is 55.2 Å². The molecule has 0 aliphatic carbocycles. The van der Waals surface area contributed by atoms with Gasteiger partial charge < -0.3 is 5.32 Å². The van der Waals surface area contributed by atoms with Crippen molar-refractivity contribution in [2.45, 2.75) is 26.8 Å². The molecule has 0 unspecified atom stereocenters. The van der Waals surface area contributed by atoms with Crippen molar-refractivity contribution >= 4 is 11.4 Å². The molecule has 0 fully saturated rings. The van der Waals surface area contributed by atoms with Gasteiger partial charge in [-0.05, 0) is 30.5 Å². The van der Waals surface area contributed by atoms with Crippen molar-refractivity contribution in [3.63, 3.8) is 0 Å². The highest BCUT2D eigenvalue weighted by Crippen LogP contribution is 2.28. The number of nitrogens with zero attached hydrogens (tertiary/aromatic N) is 1. The molecule has 0 aromatic heterocycles. The number of hydrogen-bond donors (Lipinski definition) is 1. The van der Waals surface area contributed by atoms with Gasteiger partial charge in [0.1, 0.15) is 5.69 Å². The molecule has 0 spiro atoms. The van der Waals surface area contributed by atoms with Crippen molar-refractivity contribution in [1.82, 2.24) is 0 Å². The summed E-state index contributed by atoms with van der Waals surface area (Å²) in [6.07, 6.45) is 1.01. The summed E-state index contributed by atoms with van der Waals surface area (Å²) in [6.45, 7) is 4.44. The summed E-state index contributed by atoms with van der Waals surface area (Å²) in [5.74, 6) is 0. The summed E-state index contributed by atoms with van der Waals surface area (Å²) in [7, 11) is 0. The van der Waals surface area contributed by atoms with E-state index in [0.29, 0.717) is 17.8 Å². The Labute approximate surface area is 118 Å². The molecule has 0 amide bonds. The normalized spacial score (nSPS) is 10.3. The third kappa shape index (κ3) is 3.15. The standard InChI is InChI=1S/C16H18N2O2/c1-3-13-7-9-14(10-8-13)11-17-15-6-4-5-12(2)16(15)18(19)20/h4-10,17H,3,11H2,1-2H3. The molecular formula is C16H18N2O2. The van der Waals surface area contributed by atoms with Gasteiger partial charge in [0.2, 0.25) is 0 Å². The zero-order valence-electron chi connectivity index (χ0n) is 11.7. The zero-order valence-corrected chi connectivity index (χ0v) is 11.7. The van der Waals surface area contributed by atoms with E-state index in [1.54, 1.807) is 19.1 Å². The Morgan fingerprint density at radius 1 is 1.10 bits per heavy atom. The van der Waals surface area contributed by atoms with Gasteiger partial charge in [0.15, 0.2) is 0 Å². The van der Waals surface area contributed by atoms with Crippen LogP contribution < -0.4 is 5.32 Å². The smallest absolute Gasteiger partial charge is 0.295 e. The van der Waals surface area contributed by atoms with Gasteiger partial charge >= 0.3 is 0 Å². The van der Waals surface area contributed by atoms with E-state index in [1.807, 2.05) is 18.2 Å². The van der Waals surface area contributed by atoms with E-state index in [-0.39, 0.29) is 10.6 Å². The summed E-state index contributed by atoms with van der Waals surface area (Å²) in [4.78, 5) is 10.8. The Bertz CT molecular complexity index is 606. The number of hydrogen-bond acceptors (Lipinski definition) is 3. The van der Waals surface area contributed by atoms with E-state index in [9.17, 15) is 10.1 Å². The van der Waals surface area contributed by atoms with Crippen LogP contribution in [-0.4, -0.2) is 4.92 Å². The van der Waals surface area contributed by atoms with Crippen molar-refractivity contribution in [3.8, 4) is 0 Å². The van der Waals surface area contributed by atoms with E-state index < -0.39 is 0 Å². The lowest BCUT2D eigenvalue weighted by Gasteiger charge is -2.09. The maximum absolute atomic E-state index is 11.1. The van der Waals surface area contributed by atoms with Crippen LogP contribution in [0.15, 0.2) is 42.5 Å². The Morgan fingerprint density at radius 2 is 1.75 bits per heavy atom. The molecule has 2 aromatic carbocycles. The first-order valence-corrected chi connectivity index (χ1v) is 6.67. The van der Waals surface area contributed by atoms with Gasteiger partial charge in [0, 0.05) is 12.1 Å². The molecule has 0 radical (unpaired) electrons. The van der Waals surface area contributed by atoms with Gasteiger partial charge in [0.25, 0.3) is 5.69 Å². The average molecular weight is 270 g/mol. The first-order chi connectivity index (χ1) is 9.61. The van der Waals surface area contributed by atoms with Crippen LogP contribution in [0, 0.1) is 17.0 Å². The molecule has 0 aliphatic rings. The number of benzene rings is 2. The molecule has 4 heteroatoms. The van der Waals surface area contributed by atoms with Crippen molar-refractivity contribution in [3.05, 3.63) is 69.3 Å². The lowest BCUT2D eigenvalue weighted by molar-refractivity contribution is -0.384. The van der Waals surface area contributed by atoms with Gasteiger partial charge in [-0.3, -0.25) is 10.1 Å². The maximum atomic E-state index is 11.1. The summed E-state index contributed by atoms with van der Waals surface area (Å²) >= 11 is 0. The Kier molecular flexibility index (Phi) is 4.35. The summed E-state index contributed by atoms with van der Waals surface area (Å²) in [6, 6.07) is 13.6. The highest BCUT2D eigenvalue weighted by Gasteiger charge is 2.16. The maximum Gasteiger partial charge on any atom is 0.295 e. The third-order valence-electron chi connectivity index (χ3n) is 3.33. The number of aryl methyl sites for hydroxylation is 2. The lowest BCUT2D eigenvalue weighted by atomic mass is 10.1. The number of nitrogens with one attached hydrogen (secondary N) is 1. The molecule has 4 nitrogen and oxygen atoms in total. The predicted molar refractivity (Wildman–Crippen MR) is 81.0 cm³/mol. The summed E-state index contributed by atoms with van der Waals surface area (Å²) in [5, 5.41) is 14.3. The second-order valence-corrected chi connectivity index (χ2v) is 4.75. The van der Waals surface area contributed by atoms with Gasteiger partial charge in [-0.15, -0.1) is 0 Å². The Hall–Kier alpha value is -2.36. The van der Waals surface area contributed by atoms with Gasteiger partial charge in [-0.25, -0.2) is 0 Å². The van der Waals surface area contributed by atoms with Crippen LogP contribution >= 0.6 is 0 Å². The largest absolute Gasteiger partial charge is 0.375 e. The molecule has 0 atom stereocenters. The van der Waals surface area contributed by atoms with E-state index in [0.717, 1.165) is 12.0 Å². The number of nitro benzene ring substituents is 1. The molecule has 20 heavy (non-hydrogen) atoms. The van der Waals surface area contributed by atoms with Crippen LogP contribution in [0.1, 0.15) is 23.6 Å². The van der Waals surface area contributed by atoms with Crippen LogP contribution in [0.5, 0.6) is 0 Å². The monoisotopic (exact) mass is 270 g/mol. The Balaban J connectivity index is 2.14. The molecule has 1 N–H and O–H groups in total. The minimum atomic E-state index is -0.335. The Morgan fingerprint density at radius 3 is 2.35 bits per heavy atom. The van der Waals surface area contributed by atoms with E-state index in [1.165, 1.54) is 5.56 Å². The third-order valence-corrected chi connectivity index (χ3v) is 3.33. The molecule has 0 heterocycles. The SMILES string of the molecule is CCc1ccc(CNc2cccc(C)c2[N+](=O)[O-])cc1. The second kappa shape index (κ2) is 6.19. The minimum absolute atomic E-state index is 0.151. The molecule has 0 bridgehead atoms. The molecule has 0 aliphatic heterocycles. The number of para-hydroxylation sites is 1. The molecule has 0 saturated heterocycles. The van der Waals surface area contributed by atoms with Crippen LogP contribution in [0.4, 0.5) is 11.4 Å². The second-order valence-electron chi connectivity index (χ2n) is 4.75. The highest BCUT2D eigenvalue weighted by molar-refractivity contribution is 5.65. The van der Waals surface area contributed by atoms with Gasteiger partial charge in [-0.2, -0.15) is 0 Å².